The minimum atomic E-state index is 0.516. The summed E-state index contributed by atoms with van der Waals surface area (Å²) in [6.07, 6.45) is 4.47. The summed E-state index contributed by atoms with van der Waals surface area (Å²) in [5.41, 5.74) is 0.806. The van der Waals surface area contributed by atoms with Gasteiger partial charge in [-0.2, -0.15) is 0 Å². The van der Waals surface area contributed by atoms with Crippen molar-refractivity contribution in [3.8, 4) is 5.69 Å². The van der Waals surface area contributed by atoms with E-state index >= 15 is 0 Å². The lowest BCUT2D eigenvalue weighted by molar-refractivity contribution is 0.197. The van der Waals surface area contributed by atoms with Gasteiger partial charge in [0.05, 0.1) is 15.7 Å². The molecule has 1 aromatic carbocycles. The largest absolute Gasteiger partial charge is 0.385 e. The highest BCUT2D eigenvalue weighted by Gasteiger charge is 2.10. The number of methoxy groups -OCH3 is 1. The van der Waals surface area contributed by atoms with E-state index in [9.17, 15) is 0 Å². The van der Waals surface area contributed by atoms with Crippen molar-refractivity contribution in [3.05, 3.63) is 40.6 Å². The van der Waals surface area contributed by atoms with Crippen LogP contribution in [0.2, 0.25) is 10.0 Å². The molecule has 0 unspecified atom stereocenters. The first kappa shape index (κ1) is 14.2. The summed E-state index contributed by atoms with van der Waals surface area (Å²) in [5, 5.41) is 4.29. The van der Waals surface area contributed by atoms with Crippen molar-refractivity contribution >= 4 is 29.2 Å². The highest BCUT2D eigenvalue weighted by Crippen LogP contribution is 2.29. The fourth-order valence-electron chi connectivity index (χ4n) is 1.72. The van der Waals surface area contributed by atoms with E-state index in [2.05, 4.69) is 10.3 Å². The molecule has 0 bridgehead atoms. The van der Waals surface area contributed by atoms with Crippen LogP contribution in [-0.2, 0) is 4.74 Å². The summed E-state index contributed by atoms with van der Waals surface area (Å²) in [7, 11) is 1.69. The minimum absolute atomic E-state index is 0.516. The smallest absolute Gasteiger partial charge is 0.207 e. The lowest BCUT2D eigenvalue weighted by atomic mass is 10.3. The molecule has 0 aliphatic carbocycles. The van der Waals surface area contributed by atoms with Gasteiger partial charge in [-0.15, -0.1) is 0 Å². The zero-order valence-electron chi connectivity index (χ0n) is 10.6. The molecule has 0 radical (unpaired) electrons. The Hall–Kier alpha value is -1.23. The molecule has 0 atom stereocenters. The van der Waals surface area contributed by atoms with Gasteiger partial charge in [0.25, 0.3) is 0 Å². The molecule has 0 fully saturated rings. The second-order valence-electron chi connectivity index (χ2n) is 3.97. The molecule has 19 heavy (non-hydrogen) atoms. The van der Waals surface area contributed by atoms with E-state index in [1.807, 2.05) is 22.9 Å². The molecule has 0 amide bonds. The summed E-state index contributed by atoms with van der Waals surface area (Å²) in [5.74, 6) is 0.736. The maximum atomic E-state index is 6.21. The second kappa shape index (κ2) is 6.80. The van der Waals surface area contributed by atoms with Gasteiger partial charge in [0.2, 0.25) is 5.95 Å². The zero-order chi connectivity index (χ0) is 13.7. The lowest BCUT2D eigenvalue weighted by Crippen LogP contribution is -2.09. The molecular formula is C13H15Cl2N3O. The van der Waals surface area contributed by atoms with Gasteiger partial charge in [-0.25, -0.2) is 4.98 Å². The average Bonchev–Trinajstić information content (AvgIpc) is 2.86. The van der Waals surface area contributed by atoms with Crippen molar-refractivity contribution in [1.29, 1.82) is 0 Å². The zero-order valence-corrected chi connectivity index (χ0v) is 12.1. The van der Waals surface area contributed by atoms with Crippen molar-refractivity contribution < 1.29 is 4.74 Å². The number of halogens is 2. The third-order valence-corrected chi connectivity index (χ3v) is 3.45. The van der Waals surface area contributed by atoms with Gasteiger partial charge in [-0.1, -0.05) is 29.3 Å². The van der Waals surface area contributed by atoms with E-state index in [0.717, 1.165) is 24.6 Å². The molecule has 102 valence electrons. The Labute approximate surface area is 122 Å². The standard InChI is InChI=1S/C13H15Cl2N3O/c1-19-9-3-6-16-13-17-7-8-18(13)11-5-2-4-10(14)12(11)15/h2,4-5,7-8H,3,6,9H2,1H3,(H,16,17). The number of rotatable bonds is 6. The Morgan fingerprint density at radius 2 is 2.21 bits per heavy atom. The number of imidazole rings is 1. The van der Waals surface area contributed by atoms with E-state index in [1.165, 1.54) is 0 Å². The molecule has 0 aliphatic rings. The third-order valence-electron chi connectivity index (χ3n) is 2.64. The van der Waals surface area contributed by atoms with Crippen LogP contribution in [0.15, 0.2) is 30.6 Å². The predicted molar refractivity (Wildman–Crippen MR) is 78.6 cm³/mol. The van der Waals surface area contributed by atoms with Gasteiger partial charge < -0.3 is 10.1 Å². The van der Waals surface area contributed by atoms with Crippen LogP contribution in [0.5, 0.6) is 0 Å². The van der Waals surface area contributed by atoms with Crippen molar-refractivity contribution in [2.75, 3.05) is 25.6 Å². The van der Waals surface area contributed by atoms with Gasteiger partial charge in [-0.05, 0) is 18.6 Å². The first-order valence-electron chi connectivity index (χ1n) is 5.94. The van der Waals surface area contributed by atoms with Gasteiger partial charge in [0.15, 0.2) is 0 Å². The summed E-state index contributed by atoms with van der Waals surface area (Å²) >= 11 is 12.2. The fourth-order valence-corrected chi connectivity index (χ4v) is 2.11. The molecule has 0 aliphatic heterocycles. The normalized spacial score (nSPS) is 10.7. The Kier molecular flexibility index (Phi) is 5.07. The number of hydrogen-bond acceptors (Lipinski definition) is 3. The number of nitrogens with one attached hydrogen (secondary N) is 1. The average molecular weight is 300 g/mol. The first-order chi connectivity index (χ1) is 9.24. The van der Waals surface area contributed by atoms with Gasteiger partial charge in [0, 0.05) is 32.7 Å². The van der Waals surface area contributed by atoms with E-state index in [1.54, 1.807) is 19.4 Å². The summed E-state index contributed by atoms with van der Waals surface area (Å²) < 4.78 is 6.88. The van der Waals surface area contributed by atoms with Crippen LogP contribution in [0.25, 0.3) is 5.69 Å². The van der Waals surface area contributed by atoms with Crippen molar-refractivity contribution in [3.63, 3.8) is 0 Å². The molecule has 4 nitrogen and oxygen atoms in total. The molecule has 1 heterocycles. The Bertz CT molecular complexity index is 542. The number of benzene rings is 1. The molecule has 1 N–H and O–H groups in total. The van der Waals surface area contributed by atoms with E-state index in [-0.39, 0.29) is 0 Å². The van der Waals surface area contributed by atoms with Crippen LogP contribution in [0.3, 0.4) is 0 Å². The number of ether oxygens (including phenoxy) is 1. The maximum Gasteiger partial charge on any atom is 0.207 e. The SMILES string of the molecule is COCCCNc1nccn1-c1cccc(Cl)c1Cl. The predicted octanol–water partition coefficient (Wildman–Crippen LogP) is 3.63. The van der Waals surface area contributed by atoms with Crippen molar-refractivity contribution in [1.82, 2.24) is 9.55 Å². The number of hydrogen-bond donors (Lipinski definition) is 1. The summed E-state index contributed by atoms with van der Waals surface area (Å²) in [4.78, 5) is 4.27. The number of nitrogens with zero attached hydrogens (tertiary/aromatic N) is 2. The van der Waals surface area contributed by atoms with Gasteiger partial charge in [-0.3, -0.25) is 4.57 Å². The van der Waals surface area contributed by atoms with E-state index in [4.69, 9.17) is 27.9 Å². The van der Waals surface area contributed by atoms with Crippen LogP contribution in [0.4, 0.5) is 5.95 Å². The molecule has 2 rings (SSSR count). The summed E-state index contributed by atoms with van der Waals surface area (Å²) in [6.45, 7) is 1.49. The van der Waals surface area contributed by atoms with Crippen LogP contribution >= 0.6 is 23.2 Å². The molecule has 0 saturated carbocycles. The molecular weight excluding hydrogens is 285 g/mol. The number of anilines is 1. The first-order valence-corrected chi connectivity index (χ1v) is 6.70. The summed E-state index contributed by atoms with van der Waals surface area (Å²) in [6, 6.07) is 5.52. The Balaban J connectivity index is 2.17. The third kappa shape index (κ3) is 3.41. The van der Waals surface area contributed by atoms with Crippen molar-refractivity contribution in [2.45, 2.75) is 6.42 Å². The minimum Gasteiger partial charge on any atom is -0.385 e. The molecule has 6 heteroatoms. The molecule has 1 aromatic heterocycles. The second-order valence-corrected chi connectivity index (χ2v) is 4.75. The topological polar surface area (TPSA) is 39.1 Å². The highest BCUT2D eigenvalue weighted by atomic mass is 35.5. The molecule has 0 spiro atoms. The van der Waals surface area contributed by atoms with E-state index in [0.29, 0.717) is 16.7 Å². The Morgan fingerprint density at radius 3 is 3.00 bits per heavy atom. The lowest BCUT2D eigenvalue weighted by Gasteiger charge is -2.11. The molecule has 0 saturated heterocycles. The van der Waals surface area contributed by atoms with Crippen LogP contribution in [0, 0.1) is 0 Å². The molecule has 2 aromatic rings. The van der Waals surface area contributed by atoms with Gasteiger partial charge >= 0.3 is 0 Å². The van der Waals surface area contributed by atoms with Crippen LogP contribution < -0.4 is 5.32 Å². The quantitative estimate of drug-likeness (QED) is 0.828. The maximum absolute atomic E-state index is 6.21. The van der Waals surface area contributed by atoms with Crippen LogP contribution in [-0.4, -0.2) is 29.8 Å². The van der Waals surface area contributed by atoms with Gasteiger partial charge in [0.1, 0.15) is 0 Å². The highest BCUT2D eigenvalue weighted by molar-refractivity contribution is 6.43. The number of aromatic nitrogens is 2. The van der Waals surface area contributed by atoms with Crippen LogP contribution in [0.1, 0.15) is 6.42 Å². The Morgan fingerprint density at radius 1 is 1.37 bits per heavy atom. The fraction of sp³-hybridized carbons (Fsp3) is 0.308. The monoisotopic (exact) mass is 299 g/mol. The van der Waals surface area contributed by atoms with Crippen molar-refractivity contribution in [2.24, 2.45) is 0 Å². The van der Waals surface area contributed by atoms with E-state index < -0.39 is 0 Å².